The average molecular weight is 319 g/mol. The van der Waals surface area contributed by atoms with Crippen molar-refractivity contribution in [3.05, 3.63) is 38.9 Å². The normalized spacial score (nSPS) is 12.2. The zero-order chi connectivity index (χ0) is 15.3. The number of nitro groups is 1. The number of rotatable bonds is 6. The van der Waals surface area contributed by atoms with Crippen LogP contribution in [0.2, 0.25) is 5.02 Å². The molecule has 0 radical (unpaired) electrons. The van der Waals surface area contributed by atoms with Crippen LogP contribution in [0.5, 0.6) is 0 Å². The molecule has 1 N–H and O–H groups in total. The number of carbonyl (C=O) groups is 1. The summed E-state index contributed by atoms with van der Waals surface area (Å²) in [5.74, 6) is 0.0126. The van der Waals surface area contributed by atoms with Gasteiger partial charge in [0, 0.05) is 18.0 Å². The van der Waals surface area contributed by atoms with Gasteiger partial charge in [-0.25, -0.2) is 0 Å². The molecule has 0 aliphatic rings. The third kappa shape index (κ3) is 4.08. The van der Waals surface area contributed by atoms with Gasteiger partial charge in [0.1, 0.15) is 5.56 Å². The predicted octanol–water partition coefficient (Wildman–Crippen LogP) is 3.63. The Balaban J connectivity index is 3.05. The van der Waals surface area contributed by atoms with E-state index in [1.165, 1.54) is 18.2 Å². The topological polar surface area (TPSA) is 72.2 Å². The number of nitrogens with zero attached hydrogens (tertiary/aromatic N) is 1. The largest absolute Gasteiger partial charge is 0.349 e. The van der Waals surface area contributed by atoms with E-state index in [-0.39, 0.29) is 28.2 Å². The Labute approximate surface area is 127 Å². The maximum atomic E-state index is 12.2. The zero-order valence-electron chi connectivity index (χ0n) is 11.2. The van der Waals surface area contributed by atoms with Crippen molar-refractivity contribution in [2.45, 2.75) is 26.3 Å². The highest BCUT2D eigenvalue weighted by atomic mass is 35.5. The fraction of sp³-hybridized carbons (Fsp3) is 0.462. The molecule has 0 bridgehead atoms. The summed E-state index contributed by atoms with van der Waals surface area (Å²) in [5, 5.41) is 13.8. The number of nitro benzene ring substituents is 1. The molecular formula is C13H16Cl2N2O3. The van der Waals surface area contributed by atoms with Crippen LogP contribution in [0.25, 0.3) is 0 Å². The van der Waals surface area contributed by atoms with Gasteiger partial charge in [0.25, 0.3) is 11.6 Å². The van der Waals surface area contributed by atoms with Crippen molar-refractivity contribution in [2.24, 2.45) is 5.92 Å². The molecule has 0 fully saturated rings. The van der Waals surface area contributed by atoms with Crippen LogP contribution in [0.3, 0.4) is 0 Å². The summed E-state index contributed by atoms with van der Waals surface area (Å²) in [5.41, 5.74) is -0.414. The first-order valence-electron chi connectivity index (χ1n) is 6.18. The van der Waals surface area contributed by atoms with E-state index >= 15 is 0 Å². The van der Waals surface area contributed by atoms with E-state index in [0.29, 0.717) is 12.3 Å². The molecule has 0 aromatic heterocycles. The Morgan fingerprint density at radius 2 is 2.10 bits per heavy atom. The summed E-state index contributed by atoms with van der Waals surface area (Å²) >= 11 is 11.6. The lowest BCUT2D eigenvalue weighted by Gasteiger charge is -2.21. The molecule has 110 valence electrons. The van der Waals surface area contributed by atoms with E-state index in [1.807, 2.05) is 13.8 Å². The fourth-order valence-electron chi connectivity index (χ4n) is 1.82. The molecule has 5 nitrogen and oxygen atoms in total. The van der Waals surface area contributed by atoms with Gasteiger partial charge in [-0.1, -0.05) is 31.5 Å². The van der Waals surface area contributed by atoms with Gasteiger partial charge in [-0.3, -0.25) is 14.9 Å². The summed E-state index contributed by atoms with van der Waals surface area (Å²) in [4.78, 5) is 22.6. The quantitative estimate of drug-likeness (QED) is 0.494. The molecule has 1 atom stereocenters. The highest BCUT2D eigenvalue weighted by molar-refractivity contribution is 6.34. The van der Waals surface area contributed by atoms with Crippen molar-refractivity contribution in [1.29, 1.82) is 0 Å². The summed E-state index contributed by atoms with van der Waals surface area (Å²) < 4.78 is 0. The van der Waals surface area contributed by atoms with Gasteiger partial charge in [-0.2, -0.15) is 0 Å². The standard InChI is InChI=1S/C13H16Cl2N2O3/c1-8(2)10(6-7-14)16-13(18)12-9(15)4-3-5-11(12)17(19)20/h3-5,8,10H,6-7H2,1-2H3,(H,16,18). The van der Waals surface area contributed by atoms with Crippen molar-refractivity contribution in [3.8, 4) is 0 Å². The van der Waals surface area contributed by atoms with Crippen molar-refractivity contribution in [2.75, 3.05) is 5.88 Å². The van der Waals surface area contributed by atoms with Gasteiger partial charge >= 0.3 is 0 Å². The lowest BCUT2D eigenvalue weighted by Crippen LogP contribution is -2.39. The first-order valence-corrected chi connectivity index (χ1v) is 7.09. The number of alkyl halides is 1. The number of benzene rings is 1. The molecule has 7 heteroatoms. The van der Waals surface area contributed by atoms with Gasteiger partial charge in [-0.05, 0) is 18.4 Å². The molecule has 1 aromatic rings. The molecular weight excluding hydrogens is 303 g/mol. The monoisotopic (exact) mass is 318 g/mol. The van der Waals surface area contributed by atoms with Gasteiger partial charge in [0.2, 0.25) is 0 Å². The second-order valence-electron chi connectivity index (χ2n) is 4.69. The molecule has 20 heavy (non-hydrogen) atoms. The lowest BCUT2D eigenvalue weighted by molar-refractivity contribution is -0.385. The minimum absolute atomic E-state index is 0.0603. The second kappa shape index (κ2) is 7.45. The highest BCUT2D eigenvalue weighted by Crippen LogP contribution is 2.26. The van der Waals surface area contributed by atoms with E-state index in [2.05, 4.69) is 5.32 Å². The van der Waals surface area contributed by atoms with Crippen molar-refractivity contribution in [1.82, 2.24) is 5.32 Å². The summed E-state index contributed by atoms with van der Waals surface area (Å²) in [6, 6.07) is 3.99. The first-order chi connectivity index (χ1) is 9.38. The van der Waals surface area contributed by atoms with E-state index < -0.39 is 10.8 Å². The Kier molecular flexibility index (Phi) is 6.23. The third-order valence-electron chi connectivity index (χ3n) is 2.96. The molecule has 1 unspecified atom stereocenters. The van der Waals surface area contributed by atoms with Crippen LogP contribution in [0.1, 0.15) is 30.6 Å². The number of nitrogens with one attached hydrogen (secondary N) is 1. The predicted molar refractivity (Wildman–Crippen MR) is 79.5 cm³/mol. The number of hydrogen-bond acceptors (Lipinski definition) is 3. The van der Waals surface area contributed by atoms with E-state index in [0.717, 1.165) is 0 Å². The number of carbonyl (C=O) groups excluding carboxylic acids is 1. The van der Waals surface area contributed by atoms with E-state index in [1.54, 1.807) is 0 Å². The van der Waals surface area contributed by atoms with Crippen LogP contribution >= 0.6 is 23.2 Å². The van der Waals surface area contributed by atoms with Crippen LogP contribution in [0.4, 0.5) is 5.69 Å². The minimum Gasteiger partial charge on any atom is -0.349 e. The molecule has 0 aliphatic heterocycles. The zero-order valence-corrected chi connectivity index (χ0v) is 12.7. The van der Waals surface area contributed by atoms with Crippen molar-refractivity contribution in [3.63, 3.8) is 0 Å². The Morgan fingerprint density at radius 3 is 2.60 bits per heavy atom. The highest BCUT2D eigenvalue weighted by Gasteiger charge is 2.25. The molecule has 0 heterocycles. The molecule has 0 saturated carbocycles. The third-order valence-corrected chi connectivity index (χ3v) is 3.49. The van der Waals surface area contributed by atoms with E-state index in [4.69, 9.17) is 23.2 Å². The lowest BCUT2D eigenvalue weighted by atomic mass is 10.0. The summed E-state index contributed by atoms with van der Waals surface area (Å²) in [6.45, 7) is 3.89. The Morgan fingerprint density at radius 1 is 1.45 bits per heavy atom. The molecule has 0 saturated heterocycles. The van der Waals surface area contributed by atoms with Crippen LogP contribution < -0.4 is 5.32 Å². The smallest absolute Gasteiger partial charge is 0.283 e. The van der Waals surface area contributed by atoms with Gasteiger partial charge in [-0.15, -0.1) is 11.6 Å². The molecule has 0 aliphatic carbocycles. The maximum Gasteiger partial charge on any atom is 0.283 e. The van der Waals surface area contributed by atoms with Gasteiger partial charge in [0.15, 0.2) is 0 Å². The number of halogens is 2. The van der Waals surface area contributed by atoms with E-state index in [9.17, 15) is 14.9 Å². The van der Waals surface area contributed by atoms with Crippen LogP contribution in [-0.4, -0.2) is 22.8 Å². The molecule has 1 aromatic carbocycles. The van der Waals surface area contributed by atoms with Crippen molar-refractivity contribution < 1.29 is 9.72 Å². The maximum absolute atomic E-state index is 12.2. The minimum atomic E-state index is -0.618. The van der Waals surface area contributed by atoms with Crippen LogP contribution in [-0.2, 0) is 0 Å². The summed E-state index contributed by atoms with van der Waals surface area (Å²) in [7, 11) is 0. The van der Waals surface area contributed by atoms with Crippen LogP contribution in [0, 0.1) is 16.0 Å². The number of hydrogen-bond donors (Lipinski definition) is 1. The van der Waals surface area contributed by atoms with Crippen molar-refractivity contribution >= 4 is 34.8 Å². The average Bonchev–Trinajstić information content (AvgIpc) is 2.37. The molecule has 0 spiro atoms. The second-order valence-corrected chi connectivity index (χ2v) is 5.48. The molecule has 1 amide bonds. The van der Waals surface area contributed by atoms with Gasteiger partial charge in [0.05, 0.1) is 9.95 Å². The Bertz CT molecular complexity index is 506. The SMILES string of the molecule is CC(C)C(CCCl)NC(=O)c1c(Cl)cccc1[N+](=O)[O-]. The first kappa shape index (κ1) is 16.7. The Hall–Kier alpha value is -1.33. The fourth-order valence-corrected chi connectivity index (χ4v) is 2.31. The molecule has 1 rings (SSSR count). The summed E-state index contributed by atoms with van der Waals surface area (Å²) in [6.07, 6.45) is 0.587. The van der Waals surface area contributed by atoms with Gasteiger partial charge < -0.3 is 5.32 Å². The van der Waals surface area contributed by atoms with Crippen LogP contribution in [0.15, 0.2) is 18.2 Å². The number of amides is 1.